The highest BCUT2D eigenvalue weighted by Gasteiger charge is 2.34. The van der Waals surface area contributed by atoms with Gasteiger partial charge in [0.2, 0.25) is 5.91 Å². The van der Waals surface area contributed by atoms with Crippen LogP contribution < -0.4 is 4.74 Å². The maximum Gasteiger partial charge on any atom is 0.222 e. The third-order valence-electron chi connectivity index (χ3n) is 4.05. The van der Waals surface area contributed by atoms with Gasteiger partial charge < -0.3 is 19.5 Å². The van der Waals surface area contributed by atoms with Crippen LogP contribution in [0.1, 0.15) is 32.3 Å². The molecule has 0 spiro atoms. The predicted octanol–water partition coefficient (Wildman–Crippen LogP) is 2.01. The van der Waals surface area contributed by atoms with Crippen LogP contribution >= 0.6 is 0 Å². The van der Waals surface area contributed by atoms with E-state index >= 15 is 0 Å². The number of aliphatic hydroxyl groups is 1. The van der Waals surface area contributed by atoms with Crippen molar-refractivity contribution in [2.45, 2.75) is 51.4 Å². The van der Waals surface area contributed by atoms with Crippen molar-refractivity contribution in [3.05, 3.63) is 29.8 Å². The monoisotopic (exact) mass is 321 g/mol. The molecule has 0 bridgehead atoms. The second kappa shape index (κ2) is 8.31. The lowest BCUT2D eigenvalue weighted by molar-refractivity contribution is -0.131. The summed E-state index contributed by atoms with van der Waals surface area (Å²) < 4.78 is 10.8. The fourth-order valence-electron chi connectivity index (χ4n) is 2.84. The maximum atomic E-state index is 12.3. The summed E-state index contributed by atoms with van der Waals surface area (Å²) in [4.78, 5) is 14.0. The quantitative estimate of drug-likeness (QED) is 0.835. The number of ether oxygens (including phenoxy) is 2. The van der Waals surface area contributed by atoms with E-state index in [0.717, 1.165) is 18.6 Å². The molecule has 0 radical (unpaired) electrons. The molecule has 2 atom stereocenters. The Bertz CT molecular complexity index is 500. The van der Waals surface area contributed by atoms with Crippen molar-refractivity contribution in [2.24, 2.45) is 0 Å². The summed E-state index contributed by atoms with van der Waals surface area (Å²) in [6.45, 7) is 4.73. The highest BCUT2D eigenvalue weighted by molar-refractivity contribution is 5.76. The Balaban J connectivity index is 1.74. The molecule has 0 saturated carbocycles. The van der Waals surface area contributed by atoms with Gasteiger partial charge in [-0.05, 0) is 44.4 Å². The topological polar surface area (TPSA) is 59.0 Å². The van der Waals surface area contributed by atoms with Gasteiger partial charge in [0.05, 0.1) is 19.3 Å². The number of aryl methyl sites for hydroxylation is 1. The number of amides is 1. The van der Waals surface area contributed by atoms with Crippen molar-refractivity contribution in [2.75, 3.05) is 20.2 Å². The molecule has 5 nitrogen and oxygen atoms in total. The van der Waals surface area contributed by atoms with Crippen LogP contribution in [0.4, 0.5) is 0 Å². The van der Waals surface area contributed by atoms with E-state index in [1.54, 1.807) is 12.0 Å². The molecule has 0 aliphatic carbocycles. The number of aliphatic hydroxyl groups excluding tert-OH is 1. The Kier molecular flexibility index (Phi) is 6.42. The molecule has 1 N–H and O–H groups in total. The van der Waals surface area contributed by atoms with Crippen molar-refractivity contribution < 1.29 is 19.4 Å². The molecule has 1 aliphatic heterocycles. The third kappa shape index (κ3) is 5.22. The number of hydrogen-bond donors (Lipinski definition) is 1. The Morgan fingerprint density at radius 3 is 2.61 bits per heavy atom. The molecule has 0 aromatic heterocycles. The zero-order valence-corrected chi connectivity index (χ0v) is 14.2. The van der Waals surface area contributed by atoms with Crippen molar-refractivity contribution in [3.8, 4) is 5.75 Å². The van der Waals surface area contributed by atoms with E-state index in [-0.39, 0.29) is 18.1 Å². The van der Waals surface area contributed by atoms with E-state index in [2.05, 4.69) is 0 Å². The first-order valence-electron chi connectivity index (χ1n) is 8.24. The first kappa shape index (κ1) is 17.8. The van der Waals surface area contributed by atoms with Crippen LogP contribution in [0.15, 0.2) is 24.3 Å². The molecular formula is C18H27NO4. The Morgan fingerprint density at radius 2 is 2.00 bits per heavy atom. The molecular weight excluding hydrogens is 294 g/mol. The number of carbonyl (C=O) groups is 1. The fraction of sp³-hybridized carbons (Fsp3) is 0.611. The second-order valence-corrected chi connectivity index (χ2v) is 6.29. The normalized spacial score (nSPS) is 21.0. The van der Waals surface area contributed by atoms with Crippen LogP contribution in [0.2, 0.25) is 0 Å². The van der Waals surface area contributed by atoms with Crippen molar-refractivity contribution in [1.82, 2.24) is 4.90 Å². The lowest BCUT2D eigenvalue weighted by Crippen LogP contribution is -2.31. The Morgan fingerprint density at radius 1 is 1.30 bits per heavy atom. The van der Waals surface area contributed by atoms with Crippen LogP contribution in [0.25, 0.3) is 0 Å². The summed E-state index contributed by atoms with van der Waals surface area (Å²) in [5.74, 6) is 0.930. The van der Waals surface area contributed by atoms with Gasteiger partial charge in [0.25, 0.3) is 0 Å². The van der Waals surface area contributed by atoms with E-state index in [4.69, 9.17) is 9.47 Å². The molecule has 1 aromatic carbocycles. The molecule has 1 amide bonds. The van der Waals surface area contributed by atoms with Gasteiger partial charge in [-0.15, -0.1) is 0 Å². The SMILES string of the molecule is COc1ccc(CCCC(=O)N2CC(O)C(OC(C)C)C2)cc1. The molecule has 128 valence electrons. The van der Waals surface area contributed by atoms with E-state index in [9.17, 15) is 9.90 Å². The molecule has 1 aromatic rings. The number of rotatable bonds is 7. The van der Waals surface area contributed by atoms with Gasteiger partial charge in [-0.1, -0.05) is 12.1 Å². The average Bonchev–Trinajstić information content (AvgIpc) is 2.88. The third-order valence-corrected chi connectivity index (χ3v) is 4.05. The lowest BCUT2D eigenvalue weighted by atomic mass is 10.1. The van der Waals surface area contributed by atoms with Crippen molar-refractivity contribution in [3.63, 3.8) is 0 Å². The molecule has 1 fully saturated rings. The zero-order valence-electron chi connectivity index (χ0n) is 14.2. The van der Waals surface area contributed by atoms with Crippen LogP contribution in [0.3, 0.4) is 0 Å². The molecule has 1 saturated heterocycles. The highest BCUT2D eigenvalue weighted by atomic mass is 16.5. The minimum absolute atomic E-state index is 0.0553. The summed E-state index contributed by atoms with van der Waals surface area (Å²) in [5, 5.41) is 9.98. The number of carbonyl (C=O) groups excluding carboxylic acids is 1. The number of nitrogens with zero attached hydrogens (tertiary/aromatic N) is 1. The molecule has 2 rings (SSSR count). The summed E-state index contributed by atoms with van der Waals surface area (Å²) in [6.07, 6.45) is 1.36. The maximum absolute atomic E-state index is 12.3. The van der Waals surface area contributed by atoms with Crippen LogP contribution in [-0.2, 0) is 16.0 Å². The van der Waals surface area contributed by atoms with Crippen LogP contribution in [-0.4, -0.2) is 54.4 Å². The van der Waals surface area contributed by atoms with Gasteiger partial charge in [-0.3, -0.25) is 4.79 Å². The number of hydrogen-bond acceptors (Lipinski definition) is 4. The Hall–Kier alpha value is -1.59. The van der Waals surface area contributed by atoms with Crippen LogP contribution in [0.5, 0.6) is 5.75 Å². The number of methoxy groups -OCH3 is 1. The Labute approximate surface area is 138 Å². The van der Waals surface area contributed by atoms with E-state index in [1.165, 1.54) is 5.56 Å². The van der Waals surface area contributed by atoms with Gasteiger partial charge in [-0.2, -0.15) is 0 Å². The molecule has 1 heterocycles. The summed E-state index contributed by atoms with van der Waals surface area (Å²) in [7, 11) is 1.65. The van der Waals surface area contributed by atoms with E-state index in [0.29, 0.717) is 19.5 Å². The summed E-state index contributed by atoms with van der Waals surface area (Å²) in [6, 6.07) is 7.91. The average molecular weight is 321 g/mol. The number of β-amino-alcohol motifs (C(OH)–C–C–N with tert-alkyl or cyclic N) is 1. The summed E-state index contributed by atoms with van der Waals surface area (Å²) in [5.41, 5.74) is 1.20. The molecule has 23 heavy (non-hydrogen) atoms. The van der Waals surface area contributed by atoms with Gasteiger partial charge in [0.15, 0.2) is 0 Å². The minimum Gasteiger partial charge on any atom is -0.497 e. The van der Waals surface area contributed by atoms with E-state index in [1.807, 2.05) is 38.1 Å². The predicted molar refractivity (Wildman–Crippen MR) is 88.5 cm³/mol. The number of benzene rings is 1. The largest absolute Gasteiger partial charge is 0.497 e. The molecule has 5 heteroatoms. The first-order valence-corrected chi connectivity index (χ1v) is 8.24. The lowest BCUT2D eigenvalue weighted by Gasteiger charge is -2.18. The van der Waals surface area contributed by atoms with Crippen molar-refractivity contribution >= 4 is 5.91 Å². The standard InChI is InChI=1S/C18H27NO4/c1-13(2)23-17-12-19(11-16(17)20)18(21)6-4-5-14-7-9-15(22-3)10-8-14/h7-10,13,16-17,20H,4-6,11-12H2,1-3H3. The van der Waals surface area contributed by atoms with Gasteiger partial charge in [-0.25, -0.2) is 0 Å². The minimum atomic E-state index is -0.581. The molecule has 2 unspecified atom stereocenters. The summed E-state index contributed by atoms with van der Waals surface area (Å²) >= 11 is 0. The fourth-order valence-corrected chi connectivity index (χ4v) is 2.84. The highest BCUT2D eigenvalue weighted by Crippen LogP contribution is 2.18. The number of likely N-dealkylation sites (tertiary alicyclic amines) is 1. The first-order chi connectivity index (χ1) is 11.0. The molecule has 1 aliphatic rings. The second-order valence-electron chi connectivity index (χ2n) is 6.29. The zero-order chi connectivity index (χ0) is 16.8. The van der Waals surface area contributed by atoms with Gasteiger partial charge in [0.1, 0.15) is 11.9 Å². The van der Waals surface area contributed by atoms with Crippen LogP contribution in [0, 0.1) is 0 Å². The van der Waals surface area contributed by atoms with Crippen molar-refractivity contribution in [1.29, 1.82) is 0 Å². The smallest absolute Gasteiger partial charge is 0.222 e. The van der Waals surface area contributed by atoms with E-state index < -0.39 is 6.10 Å². The van der Waals surface area contributed by atoms with Gasteiger partial charge >= 0.3 is 0 Å². The van der Waals surface area contributed by atoms with Gasteiger partial charge in [0, 0.05) is 19.5 Å².